The molecular weight excluding hydrogens is 491 g/mol. The second-order valence-corrected chi connectivity index (χ2v) is 10.3. The molecule has 6 amide bonds. The fourth-order valence-electron chi connectivity index (χ4n) is 4.47. The van der Waals surface area contributed by atoms with E-state index in [1.165, 1.54) is 7.05 Å². The summed E-state index contributed by atoms with van der Waals surface area (Å²) in [7, 11) is -3.31. The average Bonchev–Trinajstić information content (AvgIpc) is 3.35. The fraction of sp³-hybridized carbons (Fsp3) is 0.789. The van der Waals surface area contributed by atoms with Crippen molar-refractivity contribution in [3.05, 3.63) is 0 Å². The van der Waals surface area contributed by atoms with Gasteiger partial charge in [-0.15, -0.1) is 0 Å². The van der Waals surface area contributed by atoms with Gasteiger partial charge in [0.15, 0.2) is 0 Å². The van der Waals surface area contributed by atoms with Crippen molar-refractivity contribution in [3.63, 3.8) is 0 Å². The molecule has 5 N–H and O–H groups in total. The molecule has 0 aromatic rings. The molecule has 3 heterocycles. The van der Waals surface area contributed by atoms with E-state index < -0.39 is 80.9 Å². The van der Waals surface area contributed by atoms with Gasteiger partial charge in [0, 0.05) is 13.5 Å². The molecule has 4 rings (SSSR count). The summed E-state index contributed by atoms with van der Waals surface area (Å²) in [6.07, 6.45) is -3.04. The van der Waals surface area contributed by atoms with Crippen LogP contribution in [0.2, 0.25) is 0 Å². The number of imide groups is 2. The number of urea groups is 2. The van der Waals surface area contributed by atoms with Gasteiger partial charge in [-0.2, -0.15) is 0 Å². The molecule has 1 saturated carbocycles. The molecule has 4 bridgehead atoms. The first kappa shape index (κ1) is 25.9. The molecule has 4 fully saturated rings. The summed E-state index contributed by atoms with van der Waals surface area (Å²) in [6, 6.07) is -1.63. The first-order valence-electron chi connectivity index (χ1n) is 11.3. The van der Waals surface area contributed by atoms with Crippen LogP contribution in [0.3, 0.4) is 0 Å². The van der Waals surface area contributed by atoms with Gasteiger partial charge in [-0.1, -0.05) is 0 Å². The number of fused-ring (bicyclic) bond motifs is 5. The number of phosphoric acid groups is 1. The van der Waals surface area contributed by atoms with Crippen LogP contribution < -0.4 is 16.0 Å². The van der Waals surface area contributed by atoms with Crippen molar-refractivity contribution in [2.24, 2.45) is 11.8 Å². The van der Waals surface area contributed by atoms with Gasteiger partial charge in [-0.05, 0) is 25.7 Å². The summed E-state index contributed by atoms with van der Waals surface area (Å²) in [5, 5.41) is 16.6. The molecule has 7 unspecified atom stereocenters. The Kier molecular flexibility index (Phi) is 7.76. The van der Waals surface area contributed by atoms with Crippen molar-refractivity contribution in [1.29, 1.82) is 0 Å². The Labute approximate surface area is 200 Å². The minimum absolute atomic E-state index is 0.0931. The number of hydrogen-bond donors (Lipinski definition) is 5. The summed E-state index contributed by atoms with van der Waals surface area (Å²) in [4.78, 5) is 61.1. The second kappa shape index (κ2) is 10.5. The smallest absolute Gasteiger partial charge is 0.394 e. The Morgan fingerprint density at radius 2 is 1.77 bits per heavy atom. The zero-order valence-corrected chi connectivity index (χ0v) is 19.8. The van der Waals surface area contributed by atoms with Crippen LogP contribution in [0.15, 0.2) is 0 Å². The average molecular weight is 520 g/mol. The molecule has 3 saturated heterocycles. The number of aliphatic hydroxyl groups is 1. The van der Waals surface area contributed by atoms with Crippen LogP contribution in [0, 0.1) is 11.8 Å². The summed E-state index contributed by atoms with van der Waals surface area (Å²) in [5.74, 6) is -2.79. The van der Waals surface area contributed by atoms with Gasteiger partial charge >= 0.3 is 19.9 Å². The lowest BCUT2D eigenvalue weighted by atomic mass is 9.72. The zero-order valence-electron chi connectivity index (χ0n) is 19.0. The van der Waals surface area contributed by atoms with Gasteiger partial charge in [0.1, 0.15) is 24.7 Å². The van der Waals surface area contributed by atoms with Crippen LogP contribution in [0.1, 0.15) is 32.1 Å². The van der Waals surface area contributed by atoms with Gasteiger partial charge in [0.25, 0.3) is 0 Å². The van der Waals surface area contributed by atoms with Crippen molar-refractivity contribution in [1.82, 2.24) is 20.9 Å². The molecule has 0 spiro atoms. The number of carbonyl (C=O) groups excluding carboxylic acids is 4. The number of hydrogen-bond acceptors (Lipinski definition) is 10. The van der Waals surface area contributed by atoms with E-state index in [0.717, 1.165) is 4.90 Å². The van der Waals surface area contributed by atoms with Crippen LogP contribution in [-0.4, -0.2) is 89.8 Å². The number of nitrogens with one attached hydrogen (secondary N) is 3. The molecule has 16 heteroatoms. The molecule has 3 aliphatic heterocycles. The Balaban J connectivity index is 1.49. The SMILES string of the molecule is CN1C(=O)NC2CCC(COP(=O)(O)O[C@H]3CC(NC(=O)NC(=O)C4CCC4C1=O)OC3CO)O2. The summed E-state index contributed by atoms with van der Waals surface area (Å²) in [5.41, 5.74) is 0. The predicted octanol–water partition coefficient (Wildman–Crippen LogP) is -0.865. The zero-order chi connectivity index (χ0) is 25.3. The highest BCUT2D eigenvalue weighted by atomic mass is 31.2. The second-order valence-electron chi connectivity index (χ2n) is 8.91. The van der Waals surface area contributed by atoms with Crippen LogP contribution in [0.5, 0.6) is 0 Å². The summed E-state index contributed by atoms with van der Waals surface area (Å²) in [6.45, 7) is -0.863. The maximum atomic E-state index is 12.8. The molecule has 35 heavy (non-hydrogen) atoms. The molecule has 15 nitrogen and oxygen atoms in total. The molecular formula is C19H29N4O11P. The molecule has 0 aromatic carbocycles. The number of phosphoric ester groups is 1. The Bertz CT molecular complexity index is 919. The predicted molar refractivity (Wildman–Crippen MR) is 113 cm³/mol. The maximum absolute atomic E-state index is 12.8. The van der Waals surface area contributed by atoms with E-state index in [0.29, 0.717) is 25.7 Å². The molecule has 1 aliphatic carbocycles. The highest BCUT2D eigenvalue weighted by molar-refractivity contribution is 7.47. The number of aliphatic hydroxyl groups excluding tert-OH is 1. The van der Waals surface area contributed by atoms with E-state index in [9.17, 15) is 33.7 Å². The third-order valence-corrected chi connectivity index (χ3v) is 7.57. The van der Waals surface area contributed by atoms with Crippen molar-refractivity contribution in [2.45, 2.75) is 62.9 Å². The molecule has 196 valence electrons. The topological polar surface area (TPSA) is 202 Å². The van der Waals surface area contributed by atoms with E-state index in [4.69, 9.17) is 18.5 Å². The van der Waals surface area contributed by atoms with E-state index in [-0.39, 0.29) is 13.0 Å². The molecule has 8 atom stereocenters. The fourth-order valence-corrected chi connectivity index (χ4v) is 5.45. The number of ether oxygens (including phenoxy) is 2. The minimum Gasteiger partial charge on any atom is -0.394 e. The quantitative estimate of drug-likeness (QED) is 0.269. The van der Waals surface area contributed by atoms with Crippen LogP contribution in [0.25, 0.3) is 0 Å². The Hall–Kier alpha value is -2.13. The summed E-state index contributed by atoms with van der Waals surface area (Å²) < 4.78 is 33.7. The van der Waals surface area contributed by atoms with Gasteiger partial charge in [-0.25, -0.2) is 14.2 Å². The van der Waals surface area contributed by atoms with Crippen LogP contribution >= 0.6 is 7.82 Å². The van der Waals surface area contributed by atoms with Crippen molar-refractivity contribution < 1.29 is 52.3 Å². The Morgan fingerprint density at radius 1 is 1.03 bits per heavy atom. The molecule has 0 radical (unpaired) electrons. The van der Waals surface area contributed by atoms with Gasteiger partial charge in [-0.3, -0.25) is 28.9 Å². The third-order valence-electron chi connectivity index (χ3n) is 6.56. The number of nitrogens with zero attached hydrogens (tertiary/aromatic N) is 1. The van der Waals surface area contributed by atoms with Crippen LogP contribution in [-0.2, 0) is 32.7 Å². The standard InChI is InChI=1S/C19H29N4O11P/c1-23-17(26)11-4-3-10(11)16(25)22-18(27)20-15-6-12(13(7-24)33-15)34-35(29,30)31-8-9-2-5-14(32-9)21-19(23)28/h9-15,24H,2-8H2,1H3,(H,21,28)(H,29,30)(H2,20,22,25,27)/t9?,10?,11?,12-,13?,14?,15?/m0/s1. The maximum Gasteiger partial charge on any atom is 0.472 e. The van der Waals surface area contributed by atoms with Crippen molar-refractivity contribution in [3.8, 4) is 0 Å². The van der Waals surface area contributed by atoms with E-state index in [1.807, 2.05) is 0 Å². The molecule has 0 aromatic heterocycles. The lowest BCUT2D eigenvalue weighted by Gasteiger charge is -2.36. The lowest BCUT2D eigenvalue weighted by molar-refractivity contribution is -0.144. The number of carbonyl (C=O) groups is 4. The third kappa shape index (κ3) is 6.00. The van der Waals surface area contributed by atoms with Gasteiger partial charge in [0.2, 0.25) is 11.8 Å². The van der Waals surface area contributed by atoms with E-state index in [1.54, 1.807) is 0 Å². The summed E-state index contributed by atoms with van der Waals surface area (Å²) >= 11 is 0. The lowest BCUT2D eigenvalue weighted by Crippen LogP contribution is -2.54. The minimum atomic E-state index is -4.60. The first-order valence-corrected chi connectivity index (χ1v) is 12.8. The largest absolute Gasteiger partial charge is 0.472 e. The van der Waals surface area contributed by atoms with Crippen LogP contribution in [0.4, 0.5) is 9.59 Å². The first-order chi connectivity index (χ1) is 16.6. The number of amides is 6. The van der Waals surface area contributed by atoms with E-state index >= 15 is 0 Å². The van der Waals surface area contributed by atoms with Gasteiger partial charge in [0.05, 0.1) is 31.2 Å². The number of rotatable bonds is 1. The van der Waals surface area contributed by atoms with E-state index in [2.05, 4.69) is 16.0 Å². The highest BCUT2D eigenvalue weighted by Crippen LogP contribution is 2.47. The monoisotopic (exact) mass is 520 g/mol. The van der Waals surface area contributed by atoms with Gasteiger partial charge < -0.3 is 30.1 Å². The molecule has 4 aliphatic rings. The highest BCUT2D eigenvalue weighted by Gasteiger charge is 2.45. The van der Waals surface area contributed by atoms with Crippen molar-refractivity contribution in [2.75, 3.05) is 20.3 Å². The Morgan fingerprint density at radius 3 is 2.46 bits per heavy atom. The normalized spacial score (nSPS) is 41.3. The van der Waals surface area contributed by atoms with Crippen molar-refractivity contribution >= 4 is 31.7 Å².